The molecule has 3 heterocycles. The summed E-state index contributed by atoms with van der Waals surface area (Å²) in [6.07, 6.45) is 7.36. The van der Waals surface area contributed by atoms with Crippen LogP contribution in [-0.4, -0.2) is 40.1 Å². The standard InChI is InChI=1S/C14H16N4O/c1-19-14-16-6-11(7-17-14)8-18-9-13(10-18)12-2-4-15-5-3-12/h2-7,13H,8-10H2,1H3. The highest BCUT2D eigenvalue weighted by atomic mass is 16.5. The average Bonchev–Trinajstić information content (AvgIpc) is 2.44. The van der Waals surface area contributed by atoms with E-state index >= 15 is 0 Å². The minimum atomic E-state index is 0.419. The Hall–Kier alpha value is -2.01. The van der Waals surface area contributed by atoms with Crippen LogP contribution in [0.25, 0.3) is 0 Å². The SMILES string of the molecule is COc1ncc(CN2CC(c3ccncc3)C2)cn1. The number of nitrogens with zero attached hydrogens (tertiary/aromatic N) is 4. The number of likely N-dealkylation sites (tertiary alicyclic amines) is 1. The second-order valence-electron chi connectivity index (χ2n) is 4.75. The van der Waals surface area contributed by atoms with Gasteiger partial charge in [0.2, 0.25) is 0 Å². The van der Waals surface area contributed by atoms with Crippen molar-refractivity contribution in [2.45, 2.75) is 12.5 Å². The van der Waals surface area contributed by atoms with Gasteiger partial charge < -0.3 is 4.74 Å². The first-order valence-corrected chi connectivity index (χ1v) is 6.32. The van der Waals surface area contributed by atoms with Crippen molar-refractivity contribution in [3.8, 4) is 6.01 Å². The second-order valence-corrected chi connectivity index (χ2v) is 4.75. The van der Waals surface area contributed by atoms with Gasteiger partial charge in [-0.15, -0.1) is 0 Å². The molecule has 0 N–H and O–H groups in total. The van der Waals surface area contributed by atoms with Crippen LogP contribution in [0.4, 0.5) is 0 Å². The van der Waals surface area contributed by atoms with Crippen molar-refractivity contribution in [3.63, 3.8) is 0 Å². The Kier molecular flexibility index (Phi) is 3.37. The molecular formula is C14H16N4O. The molecule has 0 radical (unpaired) electrons. The summed E-state index contributed by atoms with van der Waals surface area (Å²) in [4.78, 5) is 14.7. The first-order valence-electron chi connectivity index (χ1n) is 6.32. The maximum Gasteiger partial charge on any atom is 0.316 e. The Morgan fingerprint density at radius 1 is 1.21 bits per heavy atom. The number of aromatic nitrogens is 3. The molecular weight excluding hydrogens is 240 g/mol. The van der Waals surface area contributed by atoms with E-state index in [1.165, 1.54) is 5.56 Å². The molecule has 19 heavy (non-hydrogen) atoms. The van der Waals surface area contributed by atoms with Gasteiger partial charge in [0, 0.05) is 55.9 Å². The lowest BCUT2D eigenvalue weighted by molar-refractivity contribution is 0.139. The molecule has 0 unspecified atom stereocenters. The molecule has 0 spiro atoms. The molecule has 1 aliphatic rings. The van der Waals surface area contributed by atoms with Crippen molar-refractivity contribution in [3.05, 3.63) is 48.0 Å². The van der Waals surface area contributed by atoms with Gasteiger partial charge in [0.05, 0.1) is 7.11 Å². The number of rotatable bonds is 4. The van der Waals surface area contributed by atoms with E-state index in [1.807, 2.05) is 24.8 Å². The van der Waals surface area contributed by atoms with Crippen LogP contribution in [-0.2, 0) is 6.54 Å². The summed E-state index contributed by atoms with van der Waals surface area (Å²) >= 11 is 0. The minimum absolute atomic E-state index is 0.419. The lowest BCUT2D eigenvalue weighted by atomic mass is 9.92. The fraction of sp³-hybridized carbons (Fsp3) is 0.357. The lowest BCUT2D eigenvalue weighted by Crippen LogP contribution is -2.44. The van der Waals surface area contributed by atoms with Gasteiger partial charge in [-0.1, -0.05) is 0 Å². The maximum absolute atomic E-state index is 4.95. The highest BCUT2D eigenvalue weighted by molar-refractivity contribution is 5.20. The summed E-state index contributed by atoms with van der Waals surface area (Å²) < 4.78 is 4.95. The van der Waals surface area contributed by atoms with Crippen LogP contribution < -0.4 is 4.74 Å². The van der Waals surface area contributed by atoms with Gasteiger partial charge in [0.25, 0.3) is 0 Å². The number of hydrogen-bond donors (Lipinski definition) is 0. The van der Waals surface area contributed by atoms with Crippen LogP contribution in [0.1, 0.15) is 17.0 Å². The first-order chi connectivity index (χ1) is 9.35. The highest BCUT2D eigenvalue weighted by Crippen LogP contribution is 2.27. The van der Waals surface area contributed by atoms with Gasteiger partial charge in [-0.25, -0.2) is 9.97 Å². The smallest absolute Gasteiger partial charge is 0.316 e. The number of methoxy groups -OCH3 is 1. The summed E-state index contributed by atoms with van der Waals surface area (Å²) in [7, 11) is 1.57. The Labute approximate surface area is 112 Å². The average molecular weight is 256 g/mol. The molecule has 1 saturated heterocycles. The van der Waals surface area contributed by atoms with E-state index in [-0.39, 0.29) is 0 Å². The predicted molar refractivity (Wildman–Crippen MR) is 70.8 cm³/mol. The third-order valence-corrected chi connectivity index (χ3v) is 3.41. The number of pyridine rings is 1. The molecule has 5 heteroatoms. The normalized spacial score (nSPS) is 16.1. The predicted octanol–water partition coefficient (Wildman–Crippen LogP) is 1.48. The zero-order chi connectivity index (χ0) is 13.1. The topological polar surface area (TPSA) is 51.1 Å². The van der Waals surface area contributed by atoms with E-state index in [4.69, 9.17) is 4.74 Å². The van der Waals surface area contributed by atoms with Crippen molar-refractivity contribution in [2.75, 3.05) is 20.2 Å². The molecule has 0 bridgehead atoms. The zero-order valence-electron chi connectivity index (χ0n) is 10.9. The molecule has 98 valence electrons. The van der Waals surface area contributed by atoms with E-state index in [2.05, 4.69) is 32.0 Å². The van der Waals surface area contributed by atoms with Crippen LogP contribution in [0.15, 0.2) is 36.9 Å². The minimum Gasteiger partial charge on any atom is -0.467 e. The second kappa shape index (κ2) is 5.32. The van der Waals surface area contributed by atoms with Gasteiger partial charge in [-0.3, -0.25) is 9.88 Å². The third-order valence-electron chi connectivity index (χ3n) is 3.41. The monoisotopic (exact) mass is 256 g/mol. The van der Waals surface area contributed by atoms with Gasteiger partial charge >= 0.3 is 6.01 Å². The van der Waals surface area contributed by atoms with Crippen LogP contribution >= 0.6 is 0 Å². The summed E-state index contributed by atoms with van der Waals surface area (Å²) in [5.74, 6) is 0.627. The van der Waals surface area contributed by atoms with Crippen molar-refractivity contribution in [2.24, 2.45) is 0 Å². The van der Waals surface area contributed by atoms with Crippen LogP contribution in [0, 0.1) is 0 Å². The molecule has 1 fully saturated rings. The molecule has 0 aromatic carbocycles. The maximum atomic E-state index is 4.95. The Balaban J connectivity index is 1.53. The molecule has 5 nitrogen and oxygen atoms in total. The summed E-state index contributed by atoms with van der Waals surface area (Å²) in [5.41, 5.74) is 2.49. The van der Waals surface area contributed by atoms with Crippen molar-refractivity contribution < 1.29 is 4.74 Å². The molecule has 0 saturated carbocycles. The Bertz CT molecular complexity index is 523. The fourth-order valence-electron chi connectivity index (χ4n) is 2.33. The quantitative estimate of drug-likeness (QED) is 0.829. The molecule has 0 atom stereocenters. The zero-order valence-corrected chi connectivity index (χ0v) is 10.9. The van der Waals surface area contributed by atoms with E-state index in [1.54, 1.807) is 7.11 Å². The molecule has 2 aromatic rings. The third kappa shape index (κ3) is 2.71. The summed E-state index contributed by atoms with van der Waals surface area (Å²) in [6.45, 7) is 3.05. The molecule has 2 aromatic heterocycles. The van der Waals surface area contributed by atoms with Crippen molar-refractivity contribution in [1.29, 1.82) is 0 Å². The van der Waals surface area contributed by atoms with Crippen LogP contribution in [0.3, 0.4) is 0 Å². The first kappa shape index (κ1) is 12.0. The van der Waals surface area contributed by atoms with E-state index < -0.39 is 0 Å². The largest absolute Gasteiger partial charge is 0.467 e. The van der Waals surface area contributed by atoms with Crippen LogP contribution in [0.5, 0.6) is 6.01 Å². The van der Waals surface area contributed by atoms with Gasteiger partial charge in [0.15, 0.2) is 0 Å². The van der Waals surface area contributed by atoms with Gasteiger partial charge in [0.1, 0.15) is 0 Å². The van der Waals surface area contributed by atoms with E-state index in [9.17, 15) is 0 Å². The van der Waals surface area contributed by atoms with Crippen molar-refractivity contribution >= 4 is 0 Å². The molecule has 0 amide bonds. The van der Waals surface area contributed by atoms with Gasteiger partial charge in [-0.05, 0) is 17.7 Å². The van der Waals surface area contributed by atoms with E-state index in [0.29, 0.717) is 11.9 Å². The van der Waals surface area contributed by atoms with E-state index in [0.717, 1.165) is 25.2 Å². The summed E-state index contributed by atoms with van der Waals surface area (Å²) in [6, 6.07) is 4.61. The number of hydrogen-bond acceptors (Lipinski definition) is 5. The van der Waals surface area contributed by atoms with Gasteiger partial charge in [-0.2, -0.15) is 0 Å². The highest BCUT2D eigenvalue weighted by Gasteiger charge is 2.27. The van der Waals surface area contributed by atoms with Crippen LogP contribution in [0.2, 0.25) is 0 Å². The molecule has 3 rings (SSSR count). The lowest BCUT2D eigenvalue weighted by Gasteiger charge is -2.39. The molecule has 0 aliphatic carbocycles. The summed E-state index contributed by atoms with van der Waals surface area (Å²) in [5, 5.41) is 0. The Morgan fingerprint density at radius 3 is 2.53 bits per heavy atom. The number of ether oxygens (including phenoxy) is 1. The van der Waals surface area contributed by atoms with Crippen molar-refractivity contribution in [1.82, 2.24) is 19.9 Å². The fourth-order valence-corrected chi connectivity index (χ4v) is 2.33. The molecule has 1 aliphatic heterocycles. The Morgan fingerprint density at radius 2 is 1.89 bits per heavy atom.